The van der Waals surface area contributed by atoms with E-state index >= 15 is 0 Å². The van der Waals surface area contributed by atoms with Crippen LogP contribution in [0.5, 0.6) is 0 Å². The van der Waals surface area contributed by atoms with Crippen LogP contribution < -0.4 is 4.72 Å². The van der Waals surface area contributed by atoms with E-state index in [9.17, 15) is 13.2 Å². The molecule has 0 aliphatic heterocycles. The Labute approximate surface area is 271 Å². The zero-order chi connectivity index (χ0) is 31.1. The number of thioether (sulfide) groups is 1. The van der Waals surface area contributed by atoms with Crippen molar-refractivity contribution in [1.29, 1.82) is 0 Å². The van der Waals surface area contributed by atoms with Gasteiger partial charge < -0.3 is 4.74 Å². The van der Waals surface area contributed by atoms with Gasteiger partial charge in [-0.3, -0.25) is 0 Å². The summed E-state index contributed by atoms with van der Waals surface area (Å²) in [5.41, 5.74) is 4.98. The smallest absolute Gasteiger partial charge is 0.337 e. The Morgan fingerprint density at radius 3 is 2.39 bits per heavy atom. The molecule has 6 nitrogen and oxygen atoms in total. The second-order valence-corrected chi connectivity index (χ2v) is 13.7. The molecule has 224 valence electrons. The van der Waals surface area contributed by atoms with Gasteiger partial charge in [-0.2, -0.15) is 0 Å². The molecule has 0 saturated heterocycles. The van der Waals surface area contributed by atoms with Gasteiger partial charge in [-0.25, -0.2) is 22.9 Å². The Morgan fingerprint density at radius 2 is 1.64 bits per heavy atom. The molecule has 1 unspecified atom stereocenters. The number of esters is 1. The summed E-state index contributed by atoms with van der Waals surface area (Å²) in [4.78, 5) is 16.7. The SMILES string of the molecule is COC(=O)c1ccc(CSC(CNS(=O)(=O)c2ccc(Cl)cc2)c2cccc(/C=C/c3ccc4ccc(Cl)cc4n3)c2)cc1. The van der Waals surface area contributed by atoms with Crippen molar-refractivity contribution in [2.24, 2.45) is 0 Å². The number of ether oxygens (including phenoxy) is 1. The number of nitrogens with one attached hydrogen (secondary N) is 1. The molecule has 1 heterocycles. The van der Waals surface area contributed by atoms with Gasteiger partial charge >= 0.3 is 5.97 Å². The van der Waals surface area contributed by atoms with Gasteiger partial charge in [0.1, 0.15) is 0 Å². The molecule has 1 aromatic heterocycles. The van der Waals surface area contributed by atoms with Crippen LogP contribution in [0, 0.1) is 0 Å². The number of methoxy groups -OCH3 is 1. The van der Waals surface area contributed by atoms with Crippen molar-refractivity contribution in [1.82, 2.24) is 9.71 Å². The molecular formula is C34H28Cl2N2O4S2. The number of aromatic nitrogens is 1. The van der Waals surface area contributed by atoms with Gasteiger partial charge in [-0.15, -0.1) is 11.8 Å². The van der Waals surface area contributed by atoms with E-state index < -0.39 is 16.0 Å². The van der Waals surface area contributed by atoms with E-state index in [1.807, 2.05) is 78.9 Å². The molecule has 0 amide bonds. The van der Waals surface area contributed by atoms with E-state index in [0.29, 0.717) is 21.4 Å². The summed E-state index contributed by atoms with van der Waals surface area (Å²) in [6, 6.07) is 30.8. The molecule has 0 aliphatic carbocycles. The zero-order valence-corrected chi connectivity index (χ0v) is 26.8. The first-order valence-electron chi connectivity index (χ1n) is 13.6. The van der Waals surface area contributed by atoms with Crippen molar-refractivity contribution in [3.8, 4) is 0 Å². The van der Waals surface area contributed by atoms with Gasteiger partial charge in [0.25, 0.3) is 0 Å². The van der Waals surface area contributed by atoms with E-state index in [1.54, 1.807) is 36.0 Å². The van der Waals surface area contributed by atoms with Crippen molar-refractivity contribution < 1.29 is 17.9 Å². The van der Waals surface area contributed by atoms with Crippen LogP contribution in [0.4, 0.5) is 0 Å². The second kappa shape index (κ2) is 14.4. The molecular weight excluding hydrogens is 635 g/mol. The number of pyridine rings is 1. The lowest BCUT2D eigenvalue weighted by molar-refractivity contribution is 0.0600. The summed E-state index contributed by atoms with van der Waals surface area (Å²) in [6.07, 6.45) is 3.92. The molecule has 0 aliphatic rings. The number of sulfonamides is 1. The molecule has 0 saturated carbocycles. The molecule has 0 radical (unpaired) electrons. The Bertz CT molecular complexity index is 1910. The van der Waals surface area contributed by atoms with Crippen molar-refractivity contribution in [3.63, 3.8) is 0 Å². The Morgan fingerprint density at radius 1 is 0.909 bits per heavy atom. The molecule has 5 aromatic rings. The van der Waals surface area contributed by atoms with E-state index in [-0.39, 0.29) is 16.7 Å². The van der Waals surface area contributed by atoms with Gasteiger partial charge in [0.2, 0.25) is 10.0 Å². The van der Waals surface area contributed by atoms with Crippen molar-refractivity contribution in [2.45, 2.75) is 15.9 Å². The van der Waals surface area contributed by atoms with Crippen LogP contribution in [0.2, 0.25) is 10.0 Å². The molecule has 1 atom stereocenters. The first-order chi connectivity index (χ1) is 21.2. The molecule has 0 spiro atoms. The average Bonchev–Trinajstić information content (AvgIpc) is 3.03. The van der Waals surface area contributed by atoms with E-state index in [2.05, 4.69) is 4.72 Å². The number of fused-ring (bicyclic) bond motifs is 1. The Balaban J connectivity index is 1.37. The lowest BCUT2D eigenvalue weighted by atomic mass is 10.1. The van der Waals surface area contributed by atoms with Crippen molar-refractivity contribution in [2.75, 3.05) is 13.7 Å². The highest BCUT2D eigenvalue weighted by Gasteiger charge is 2.19. The fourth-order valence-electron chi connectivity index (χ4n) is 4.45. The predicted molar refractivity (Wildman–Crippen MR) is 181 cm³/mol. The average molecular weight is 664 g/mol. The third kappa shape index (κ3) is 8.28. The van der Waals surface area contributed by atoms with Gasteiger partial charge in [-0.05, 0) is 77.4 Å². The molecule has 0 bridgehead atoms. The minimum atomic E-state index is -3.76. The van der Waals surface area contributed by atoms with Crippen LogP contribution in [-0.2, 0) is 20.5 Å². The maximum absolute atomic E-state index is 13.1. The predicted octanol–water partition coefficient (Wildman–Crippen LogP) is 8.45. The van der Waals surface area contributed by atoms with Gasteiger partial charge in [0, 0.05) is 33.0 Å². The molecule has 1 N–H and O–H groups in total. The summed E-state index contributed by atoms with van der Waals surface area (Å²) in [5, 5.41) is 1.89. The second-order valence-electron chi connectivity index (χ2n) is 9.87. The van der Waals surface area contributed by atoms with Crippen LogP contribution in [0.25, 0.3) is 23.1 Å². The maximum atomic E-state index is 13.1. The summed E-state index contributed by atoms with van der Waals surface area (Å²) >= 11 is 13.7. The number of hydrogen-bond donors (Lipinski definition) is 1. The van der Waals surface area contributed by atoms with Crippen LogP contribution >= 0.6 is 35.0 Å². The highest BCUT2D eigenvalue weighted by atomic mass is 35.5. The topological polar surface area (TPSA) is 85.4 Å². The maximum Gasteiger partial charge on any atom is 0.337 e. The van der Waals surface area contributed by atoms with Crippen LogP contribution in [0.1, 0.15) is 38.0 Å². The number of hydrogen-bond acceptors (Lipinski definition) is 6. The first kappa shape index (κ1) is 31.8. The third-order valence-electron chi connectivity index (χ3n) is 6.81. The first-order valence-corrected chi connectivity index (χ1v) is 16.9. The van der Waals surface area contributed by atoms with Crippen LogP contribution in [0.15, 0.2) is 108 Å². The minimum absolute atomic E-state index is 0.143. The van der Waals surface area contributed by atoms with Gasteiger partial charge in [-0.1, -0.05) is 77.8 Å². The number of halogens is 2. The summed E-state index contributed by atoms with van der Waals surface area (Å²) in [7, 11) is -2.42. The van der Waals surface area contributed by atoms with Gasteiger partial charge in [0.05, 0.1) is 28.8 Å². The van der Waals surface area contributed by atoms with Gasteiger partial charge in [0.15, 0.2) is 0 Å². The fourth-order valence-corrected chi connectivity index (χ4v) is 7.02. The number of benzene rings is 4. The number of rotatable bonds is 11. The summed E-state index contributed by atoms with van der Waals surface area (Å²) < 4.78 is 33.7. The number of carbonyl (C=O) groups excluding carboxylic acids is 1. The van der Waals surface area contributed by atoms with E-state index in [1.165, 1.54) is 19.2 Å². The highest BCUT2D eigenvalue weighted by Crippen LogP contribution is 2.33. The lowest BCUT2D eigenvalue weighted by Gasteiger charge is -2.19. The normalized spacial score (nSPS) is 12.4. The Hall–Kier alpha value is -3.66. The lowest BCUT2D eigenvalue weighted by Crippen LogP contribution is -2.27. The molecule has 4 aromatic carbocycles. The number of carbonyl (C=O) groups is 1. The summed E-state index contributed by atoms with van der Waals surface area (Å²) in [6.45, 7) is 0.163. The van der Waals surface area contributed by atoms with Crippen LogP contribution in [0.3, 0.4) is 0 Å². The highest BCUT2D eigenvalue weighted by molar-refractivity contribution is 7.98. The summed E-state index contributed by atoms with van der Waals surface area (Å²) in [5.74, 6) is 0.199. The van der Waals surface area contributed by atoms with Crippen LogP contribution in [-0.4, -0.2) is 33.0 Å². The third-order valence-corrected chi connectivity index (χ3v) is 10.1. The monoisotopic (exact) mass is 662 g/mol. The zero-order valence-electron chi connectivity index (χ0n) is 23.6. The molecule has 5 rings (SSSR count). The Kier molecular flexibility index (Phi) is 10.4. The fraction of sp³-hybridized carbons (Fsp3) is 0.118. The minimum Gasteiger partial charge on any atom is -0.465 e. The molecule has 0 fully saturated rings. The van der Waals surface area contributed by atoms with E-state index in [0.717, 1.165) is 33.3 Å². The largest absolute Gasteiger partial charge is 0.465 e. The number of nitrogens with zero attached hydrogens (tertiary/aromatic N) is 1. The molecule has 44 heavy (non-hydrogen) atoms. The standard InChI is InChI=1S/C34H28Cl2N2O4S2/c1-42-34(39)26-8-5-24(6-9-26)22-43-33(21-37-44(40,41)31-17-13-28(35)14-18-31)27-4-2-3-23(19-27)7-15-30-16-11-25-10-12-29(36)20-32(25)38-30/h2-20,33,37H,21-22H2,1H3/b15-7+. The molecule has 10 heteroatoms. The quantitative estimate of drug-likeness (QED) is 0.143. The van der Waals surface area contributed by atoms with Crippen molar-refractivity contribution in [3.05, 3.63) is 141 Å². The van der Waals surface area contributed by atoms with Crippen molar-refractivity contribution >= 4 is 74.0 Å². The van der Waals surface area contributed by atoms with E-state index in [4.69, 9.17) is 32.9 Å².